The molecule has 74 valence electrons. The molecular formula is C6H10BFO5. The fraction of sp³-hybridized carbons (Fsp3) is 0. The van der Waals surface area contributed by atoms with Crippen LogP contribution >= 0.6 is 0 Å². The van der Waals surface area contributed by atoms with Crippen LogP contribution in [0.15, 0.2) is 24.3 Å². The van der Waals surface area contributed by atoms with E-state index in [1.165, 1.54) is 12.1 Å². The second kappa shape index (κ2) is 6.38. The average Bonchev–Trinajstić information content (AvgIpc) is 1.93. The first kappa shape index (κ1) is 14.4. The molecule has 13 heavy (non-hydrogen) atoms. The van der Waals surface area contributed by atoms with Crippen molar-refractivity contribution in [3.05, 3.63) is 30.1 Å². The largest absolute Gasteiger partial charge is 0.707 e. The van der Waals surface area contributed by atoms with Crippen LogP contribution in [-0.4, -0.2) is 28.3 Å². The van der Waals surface area contributed by atoms with E-state index in [1.807, 2.05) is 0 Å². The van der Waals surface area contributed by atoms with Crippen molar-refractivity contribution in [3.8, 4) is 5.75 Å². The van der Waals surface area contributed by atoms with Crippen LogP contribution in [0.5, 0.6) is 5.75 Å². The van der Waals surface area contributed by atoms with Gasteiger partial charge in [0.05, 0.1) is 0 Å². The minimum Gasteiger partial charge on any atom is -0.512 e. The third-order valence-corrected chi connectivity index (χ3v) is 1.06. The standard InChI is InChI=1S/C6H6BFO3.2H2O/c8-5-1-3-6(4-2-5)11-7(9)10;;/h1-4,9-10H;2*1H2. The van der Waals surface area contributed by atoms with Gasteiger partial charge in [0.2, 0.25) is 0 Å². The zero-order valence-electron chi connectivity index (χ0n) is 6.57. The van der Waals surface area contributed by atoms with Crippen molar-refractivity contribution in [2.45, 2.75) is 0 Å². The number of halogens is 1. The molecule has 0 aliphatic carbocycles. The molecule has 0 aliphatic rings. The highest BCUT2D eigenvalue weighted by atomic mass is 19.1. The van der Waals surface area contributed by atoms with Crippen LogP contribution < -0.4 is 4.65 Å². The molecule has 0 aliphatic heterocycles. The number of hydrogen-bond acceptors (Lipinski definition) is 3. The van der Waals surface area contributed by atoms with Crippen LogP contribution in [0.3, 0.4) is 0 Å². The maximum absolute atomic E-state index is 12.2. The van der Waals surface area contributed by atoms with Crippen molar-refractivity contribution in [2.75, 3.05) is 0 Å². The van der Waals surface area contributed by atoms with Gasteiger partial charge in [0, 0.05) is 0 Å². The Labute approximate surface area is 74.2 Å². The van der Waals surface area contributed by atoms with Gasteiger partial charge in [0.15, 0.2) is 0 Å². The van der Waals surface area contributed by atoms with Gasteiger partial charge in [-0.2, -0.15) is 0 Å². The molecule has 5 nitrogen and oxygen atoms in total. The zero-order chi connectivity index (χ0) is 8.27. The third kappa shape index (κ3) is 5.15. The molecule has 0 aromatic heterocycles. The van der Waals surface area contributed by atoms with Crippen LogP contribution in [0.25, 0.3) is 0 Å². The summed E-state index contributed by atoms with van der Waals surface area (Å²) in [5, 5.41) is 16.6. The first-order chi connectivity index (χ1) is 5.18. The predicted molar refractivity (Wildman–Crippen MR) is 44.4 cm³/mol. The summed E-state index contributed by atoms with van der Waals surface area (Å²) in [4.78, 5) is 0. The predicted octanol–water partition coefficient (Wildman–Crippen LogP) is -1.48. The highest BCUT2D eigenvalue weighted by Gasteiger charge is 2.10. The summed E-state index contributed by atoms with van der Waals surface area (Å²) in [5.41, 5.74) is 0. The van der Waals surface area contributed by atoms with E-state index in [0.717, 1.165) is 12.1 Å². The smallest absolute Gasteiger partial charge is 0.512 e. The summed E-state index contributed by atoms with van der Waals surface area (Å²) in [6.45, 7) is 0. The number of hydrogen-bond donors (Lipinski definition) is 2. The molecule has 0 unspecified atom stereocenters. The van der Waals surface area contributed by atoms with Crippen LogP contribution in [-0.2, 0) is 0 Å². The van der Waals surface area contributed by atoms with E-state index in [9.17, 15) is 4.39 Å². The molecule has 1 aromatic rings. The first-order valence-electron chi connectivity index (χ1n) is 2.97. The Balaban J connectivity index is 0. The Bertz CT molecular complexity index is 227. The van der Waals surface area contributed by atoms with Crippen LogP contribution in [0.4, 0.5) is 4.39 Å². The Morgan fingerprint density at radius 3 is 1.92 bits per heavy atom. The Morgan fingerprint density at radius 1 is 1.08 bits per heavy atom. The SMILES string of the molecule is O.O.OB(O)Oc1ccc(F)cc1. The fourth-order valence-electron chi connectivity index (χ4n) is 0.635. The third-order valence-electron chi connectivity index (χ3n) is 1.06. The topological polar surface area (TPSA) is 113 Å². The molecule has 0 heterocycles. The molecule has 0 saturated carbocycles. The molecule has 7 heteroatoms. The molecule has 0 fully saturated rings. The summed E-state index contributed by atoms with van der Waals surface area (Å²) < 4.78 is 16.7. The minimum atomic E-state index is -1.86. The lowest BCUT2D eigenvalue weighted by Crippen LogP contribution is -2.20. The van der Waals surface area contributed by atoms with Gasteiger partial charge in [-0.3, -0.25) is 0 Å². The molecule has 0 atom stereocenters. The van der Waals surface area contributed by atoms with Gasteiger partial charge in [-0.1, -0.05) is 0 Å². The second-order valence-electron chi connectivity index (χ2n) is 1.90. The van der Waals surface area contributed by atoms with Gasteiger partial charge in [0.1, 0.15) is 11.6 Å². The van der Waals surface area contributed by atoms with E-state index >= 15 is 0 Å². The van der Waals surface area contributed by atoms with Gasteiger partial charge < -0.3 is 25.7 Å². The summed E-state index contributed by atoms with van der Waals surface area (Å²) in [6.07, 6.45) is 0. The fourth-order valence-corrected chi connectivity index (χ4v) is 0.635. The quantitative estimate of drug-likeness (QED) is 0.557. The summed E-state index contributed by atoms with van der Waals surface area (Å²) in [6, 6.07) is 4.93. The molecule has 0 amide bonds. The number of rotatable bonds is 2. The Morgan fingerprint density at radius 2 is 1.54 bits per heavy atom. The van der Waals surface area contributed by atoms with Crippen molar-refractivity contribution in [1.29, 1.82) is 0 Å². The molecular weight excluding hydrogens is 182 g/mol. The van der Waals surface area contributed by atoms with E-state index in [2.05, 4.69) is 4.65 Å². The lowest BCUT2D eigenvalue weighted by Gasteiger charge is -2.02. The molecule has 0 bridgehead atoms. The van der Waals surface area contributed by atoms with Crippen LogP contribution in [0.1, 0.15) is 0 Å². The lowest BCUT2D eigenvalue weighted by molar-refractivity contribution is 0.288. The van der Waals surface area contributed by atoms with E-state index in [4.69, 9.17) is 10.0 Å². The molecule has 0 saturated heterocycles. The van der Waals surface area contributed by atoms with Crippen molar-refractivity contribution < 1.29 is 30.0 Å². The van der Waals surface area contributed by atoms with E-state index < -0.39 is 13.1 Å². The van der Waals surface area contributed by atoms with Crippen LogP contribution in [0.2, 0.25) is 0 Å². The normalized spacial score (nSPS) is 7.92. The van der Waals surface area contributed by atoms with Gasteiger partial charge in [-0.05, 0) is 24.3 Å². The van der Waals surface area contributed by atoms with Gasteiger partial charge in [0.25, 0.3) is 0 Å². The Kier molecular flexibility index (Phi) is 7.06. The summed E-state index contributed by atoms with van der Waals surface area (Å²) in [7, 11) is -1.86. The van der Waals surface area contributed by atoms with E-state index in [-0.39, 0.29) is 16.7 Å². The maximum atomic E-state index is 12.2. The van der Waals surface area contributed by atoms with Crippen molar-refractivity contribution in [1.82, 2.24) is 0 Å². The molecule has 6 N–H and O–H groups in total. The first-order valence-corrected chi connectivity index (χ1v) is 2.97. The summed E-state index contributed by atoms with van der Waals surface area (Å²) in [5.74, 6) is -0.189. The summed E-state index contributed by atoms with van der Waals surface area (Å²) >= 11 is 0. The van der Waals surface area contributed by atoms with Crippen LogP contribution in [0, 0.1) is 5.82 Å². The van der Waals surface area contributed by atoms with Gasteiger partial charge in [-0.25, -0.2) is 4.39 Å². The molecule has 1 rings (SSSR count). The Hall–Kier alpha value is -1.15. The highest BCUT2D eigenvalue weighted by molar-refractivity contribution is 6.33. The minimum absolute atomic E-state index is 0. The zero-order valence-corrected chi connectivity index (χ0v) is 6.57. The average molecular weight is 192 g/mol. The molecule has 0 radical (unpaired) electrons. The van der Waals surface area contributed by atoms with Gasteiger partial charge in [-0.15, -0.1) is 0 Å². The monoisotopic (exact) mass is 192 g/mol. The second-order valence-corrected chi connectivity index (χ2v) is 1.90. The van der Waals surface area contributed by atoms with Gasteiger partial charge >= 0.3 is 7.32 Å². The molecule has 1 aromatic carbocycles. The van der Waals surface area contributed by atoms with Crippen molar-refractivity contribution in [2.24, 2.45) is 0 Å². The number of benzene rings is 1. The highest BCUT2D eigenvalue weighted by Crippen LogP contribution is 2.10. The van der Waals surface area contributed by atoms with Crippen molar-refractivity contribution >= 4 is 7.32 Å². The maximum Gasteiger partial charge on any atom is 0.707 e. The van der Waals surface area contributed by atoms with E-state index in [0.29, 0.717) is 0 Å². The van der Waals surface area contributed by atoms with Crippen molar-refractivity contribution in [3.63, 3.8) is 0 Å². The molecule has 0 spiro atoms. The lowest BCUT2D eigenvalue weighted by atomic mass is 10.2. The van der Waals surface area contributed by atoms with E-state index in [1.54, 1.807) is 0 Å².